The molecule has 10 rings (SSSR count). The van der Waals surface area contributed by atoms with Gasteiger partial charge in [-0.3, -0.25) is 95.5 Å². The molecule has 119 heavy (non-hydrogen) atoms. The first kappa shape index (κ1) is 98.0. The van der Waals surface area contributed by atoms with Gasteiger partial charge in [0.1, 0.15) is 111 Å². The van der Waals surface area contributed by atoms with Crippen molar-refractivity contribution in [3.05, 3.63) is 114 Å². The number of hydrogen-bond donors (Lipinski definition) is 20. The molecule has 5 aliphatic rings. The second-order valence-corrected chi connectivity index (χ2v) is 28.2. The lowest BCUT2D eigenvalue weighted by molar-refractivity contribution is -0.150. The van der Waals surface area contributed by atoms with Crippen molar-refractivity contribution in [1.29, 1.82) is 0 Å². The summed E-state index contributed by atoms with van der Waals surface area (Å²) in [6.07, 6.45) is -18.0. The first-order valence-corrected chi connectivity index (χ1v) is 37.0. The lowest BCUT2D eigenvalue weighted by atomic mass is 10.00. The summed E-state index contributed by atoms with van der Waals surface area (Å²) in [7, 11) is 0. The van der Waals surface area contributed by atoms with E-state index in [1.54, 1.807) is 48.2 Å². The van der Waals surface area contributed by atoms with Gasteiger partial charge in [-0.25, -0.2) is 28.8 Å². The third-order valence-corrected chi connectivity index (χ3v) is 18.3. The van der Waals surface area contributed by atoms with Gasteiger partial charge >= 0.3 is 52.5 Å². The number of thioether (sulfide) groups is 1. The van der Waals surface area contributed by atoms with Crippen LogP contribution in [0.1, 0.15) is 106 Å². The first-order chi connectivity index (χ1) is 56.4. The van der Waals surface area contributed by atoms with Gasteiger partial charge < -0.3 is 108 Å². The van der Waals surface area contributed by atoms with Crippen LogP contribution in [0.15, 0.2) is 85.3 Å². The molecular weight excluding hydrogens is 1630 g/mol. The molecule has 5 aliphatic heterocycles. The highest BCUT2D eigenvalue weighted by Crippen LogP contribution is 2.34. The normalized spacial score (nSPS) is 26.7. The Morgan fingerprint density at radius 3 is 0.983 bits per heavy atom. The largest absolute Gasteiger partial charge is 0.510 e. The molecular formula is C66H97N15O37S. The summed E-state index contributed by atoms with van der Waals surface area (Å²) in [6.45, 7) is 12.4. The fourth-order valence-corrected chi connectivity index (χ4v) is 11.7. The van der Waals surface area contributed by atoms with Crippen molar-refractivity contribution in [1.82, 2.24) is 47.8 Å². The number of aromatic nitrogens is 10. The van der Waals surface area contributed by atoms with Crippen LogP contribution in [0, 0.1) is 5.41 Å². The number of nitrogens with one attached hydrogen (secondary N) is 5. The molecule has 53 heteroatoms. The van der Waals surface area contributed by atoms with Gasteiger partial charge in [0.15, 0.2) is 72.1 Å². The zero-order chi connectivity index (χ0) is 88.3. The number of carbonyl (C=O) groups excluding carboxylic acids is 5. The molecule has 10 heterocycles. The Labute approximate surface area is 675 Å². The minimum Gasteiger partial charge on any atom is -0.463 e. The summed E-state index contributed by atoms with van der Waals surface area (Å²) < 4.78 is 66.5. The Kier molecular flexibility index (Phi) is 38.5. The molecule has 5 fully saturated rings. The van der Waals surface area contributed by atoms with Gasteiger partial charge in [-0.05, 0) is 50.6 Å². The van der Waals surface area contributed by atoms with Crippen LogP contribution in [0.4, 0.5) is 33.9 Å². The lowest BCUT2D eigenvalue weighted by Crippen LogP contribution is -2.36. The minimum absolute atomic E-state index is 0.00253. The maximum atomic E-state index is 12.0. The van der Waals surface area contributed by atoms with Crippen molar-refractivity contribution in [2.75, 3.05) is 79.6 Å². The quantitative estimate of drug-likeness (QED) is 0.00701. The minimum atomic E-state index is -1.41. The number of anilines is 5. The molecule has 0 amide bonds. The van der Waals surface area contributed by atoms with Gasteiger partial charge in [0.25, 0.3) is 0 Å². The molecule has 0 aromatic carbocycles. The van der Waals surface area contributed by atoms with Crippen molar-refractivity contribution in [3.8, 4) is 0 Å². The number of nitrogens with zero attached hydrogens (tertiary/aromatic N) is 10. The monoisotopic (exact) mass is 1720 g/mol. The van der Waals surface area contributed by atoms with Crippen molar-refractivity contribution in [2.45, 2.75) is 203 Å². The topological polar surface area (TPSA) is 734 Å². The van der Waals surface area contributed by atoms with Crippen molar-refractivity contribution in [2.24, 2.45) is 5.41 Å². The Morgan fingerprint density at radius 2 is 0.723 bits per heavy atom. The highest BCUT2D eigenvalue weighted by Gasteiger charge is 2.49. The van der Waals surface area contributed by atoms with E-state index in [0.717, 1.165) is 22.8 Å². The molecule has 5 aromatic heterocycles. The van der Waals surface area contributed by atoms with Crippen LogP contribution in [0.3, 0.4) is 0 Å². The fourth-order valence-electron chi connectivity index (χ4n) is 10.8. The van der Waals surface area contributed by atoms with E-state index >= 15 is 0 Å². The third-order valence-electron chi connectivity index (χ3n) is 17.0. The molecule has 5 saturated heterocycles. The molecule has 0 spiro atoms. The van der Waals surface area contributed by atoms with Crippen LogP contribution in [0.2, 0.25) is 0 Å². The summed E-state index contributed by atoms with van der Waals surface area (Å²) in [4.78, 5) is 133. The van der Waals surface area contributed by atoms with Crippen molar-refractivity contribution < 1.29 is 158 Å². The summed E-state index contributed by atoms with van der Waals surface area (Å²) in [6, 6.07) is 6.45. The molecule has 0 radical (unpaired) electrons. The van der Waals surface area contributed by atoms with E-state index in [-0.39, 0.29) is 92.8 Å². The highest BCUT2D eigenvalue weighted by molar-refractivity contribution is 8.13. The molecule has 664 valence electrons. The predicted octanol–water partition coefficient (Wildman–Crippen LogP) is -4.96. The second kappa shape index (κ2) is 46.7. The third kappa shape index (κ3) is 27.6. The molecule has 0 bridgehead atoms. The number of carbonyl (C=O) groups is 5. The fraction of sp³-hybridized carbons (Fsp3) is 0.621. The molecule has 0 unspecified atom stereocenters. The average Bonchev–Trinajstić information content (AvgIpc) is 1.69. The zero-order valence-electron chi connectivity index (χ0n) is 64.7. The van der Waals surface area contributed by atoms with Crippen LogP contribution in [-0.2, 0) is 76.0 Å². The smallest absolute Gasteiger partial charge is 0.463 e. The number of aliphatic hydroxyl groups excluding tert-OH is 10. The van der Waals surface area contributed by atoms with Gasteiger partial charge in [0.05, 0.1) is 25.9 Å². The summed E-state index contributed by atoms with van der Waals surface area (Å²) >= 11 is 1.17. The van der Waals surface area contributed by atoms with E-state index in [0.29, 0.717) is 12.2 Å². The Morgan fingerprint density at radius 1 is 0.437 bits per heavy atom. The van der Waals surface area contributed by atoms with E-state index in [2.05, 4.69) is 29.7 Å². The van der Waals surface area contributed by atoms with Crippen LogP contribution in [-0.4, -0.2) is 304 Å². The first-order valence-electron chi connectivity index (χ1n) is 36.0. The number of aliphatic hydroxyl groups is 10. The zero-order valence-corrected chi connectivity index (χ0v) is 65.6. The molecule has 5 aromatic rings. The highest BCUT2D eigenvalue weighted by atomic mass is 32.2. The van der Waals surface area contributed by atoms with E-state index in [1.165, 1.54) is 80.0 Å². The summed E-state index contributed by atoms with van der Waals surface area (Å²) in [5.74, 6) is -1.32. The summed E-state index contributed by atoms with van der Waals surface area (Å²) in [5, 5.41) is 144. The maximum Gasteiger partial charge on any atom is 0.510 e. The second-order valence-electron chi connectivity index (χ2n) is 27.1. The predicted molar refractivity (Wildman–Crippen MR) is 394 cm³/mol. The van der Waals surface area contributed by atoms with E-state index in [1.807, 2.05) is 27.7 Å². The Bertz CT molecular complexity index is 4410. The Hall–Kier alpha value is -9.78. The van der Waals surface area contributed by atoms with E-state index in [9.17, 15) is 99.0 Å². The van der Waals surface area contributed by atoms with E-state index < -0.39 is 187 Å². The lowest BCUT2D eigenvalue weighted by Gasteiger charge is -2.17. The van der Waals surface area contributed by atoms with Crippen molar-refractivity contribution >= 4 is 70.0 Å². The van der Waals surface area contributed by atoms with Crippen LogP contribution in [0.25, 0.3) is 0 Å². The number of hydrogen-bond acceptors (Lipinski definition) is 48. The van der Waals surface area contributed by atoms with Gasteiger partial charge in [0.2, 0.25) is 0 Å². The SMILES string of the molecule is CC(=O)OC[C@H]1O[C@@H](n2ccc(NO)nc2=O)[C@H](O)[C@@H]1O.CC(C)(C)C(=O)SCCOC[C@H]1O[C@@H](n2ccc(NO)nc2=O)[C@H](O)[C@@H]1O.CC(C)OC(=O)OCOC[C@H]1O[C@@H](n2ccc(NO)nc2=O)[C@H](O)[C@@H]1O.CCC(=O)OC[C@H]1O[C@@H](n2ccc(NO)nc2=O)[C@H](O)[C@@H]1O.CCCC(=O)OC[C@H]1O[C@@H](n2ccc(NO)nc2=O)[C@H](O)[C@@H]1O. The summed E-state index contributed by atoms with van der Waals surface area (Å²) in [5.41, 5.74) is 4.27. The molecule has 20 atom stereocenters. The molecule has 52 nitrogen and oxygen atoms in total. The van der Waals surface area contributed by atoms with Gasteiger partial charge in [0, 0.05) is 61.9 Å². The molecule has 0 saturated carbocycles. The van der Waals surface area contributed by atoms with Gasteiger partial charge in [-0.1, -0.05) is 46.4 Å². The molecule has 0 aliphatic carbocycles. The number of esters is 3. The average molecular weight is 1720 g/mol. The van der Waals surface area contributed by atoms with E-state index in [4.69, 9.17) is 78.1 Å². The van der Waals surface area contributed by atoms with Crippen molar-refractivity contribution in [3.63, 3.8) is 0 Å². The van der Waals surface area contributed by atoms with Crippen LogP contribution < -0.4 is 55.8 Å². The maximum absolute atomic E-state index is 12.0. The van der Waals surface area contributed by atoms with Crippen LogP contribution in [0.5, 0.6) is 0 Å². The molecule has 20 N–H and O–H groups in total. The standard InChI is InChI=1S/C16H25N3O7S.C14H21N3O9.C13H19N3O7.C12H17N3O7.C11H15N3O7/c1-16(2,3)14(22)27-7-6-25-8-9-11(20)12(21)13(26-9)19-5-4-10(18-24)17-15(19)23;1-7(2)25-14(21)24-6-23-5-8-10(18)11(19)12(26-8)17-4-3-9(16-22)15-13(17)20;1-2-3-9(17)22-6-7-10(18)11(19)12(23-7)16-5-4-8(15-21)14-13(16)20;1-2-8(16)21-5-6-9(17)10(18)11(22-6)15-4-3-7(14-20)13-12(15)19;1-5(15)20-4-6-8(16)9(17)10(21-6)14-3-2-7(13-19)12-11(14)18/h4-5,9,11-13,20-21,24H,6-8H2,1-3H3,(H,17,18,23);3-4,7-8,10-12,18-19,22H,5-6H2,1-2H3,(H,15,16,20);4-5,7,10-12,18-19,21H,2-3,6H2,1H3,(H,14,15,20);3-4,6,9-11,17-18,20H,2,5H2,1H3,(H,13,14,19);2-3,6,8-10,16-17,19H,4H2,1H3,(H,12,13,18)/t9-,11-,12-,13-;8-,10-,11-,12-;7-,10-,11-,12-;6-,9-,10-,11-;6-,8-,9-,10-/m11111/s1. The van der Waals surface area contributed by atoms with Gasteiger partial charge in [-0.2, -0.15) is 24.9 Å². The number of ether oxygens (including phenoxy) is 12. The Balaban J connectivity index is 0.000000231. The van der Waals surface area contributed by atoms with Crippen LogP contribution >= 0.6 is 11.8 Å². The number of rotatable bonds is 29. The van der Waals surface area contributed by atoms with Gasteiger partial charge in [-0.15, -0.1) is 0 Å².